The molecule has 0 spiro atoms. The zero-order chi connectivity index (χ0) is 15.1. The number of likely N-dealkylation sites (N-methyl/N-ethyl adjacent to an activating group) is 1. The molecule has 2 rings (SSSR count). The first kappa shape index (κ1) is 15.2. The van der Waals surface area contributed by atoms with Crippen LogP contribution in [-0.4, -0.2) is 28.8 Å². The number of rotatable bonds is 7. The third-order valence-electron chi connectivity index (χ3n) is 3.62. The topological polar surface area (TPSA) is 66.0 Å². The van der Waals surface area contributed by atoms with E-state index in [1.54, 1.807) is 0 Å². The van der Waals surface area contributed by atoms with Gasteiger partial charge in [-0.05, 0) is 29.8 Å². The lowest BCUT2D eigenvalue weighted by atomic mass is 9.97. The van der Waals surface area contributed by atoms with E-state index in [0.29, 0.717) is 0 Å². The second-order valence-electron chi connectivity index (χ2n) is 5.10. The van der Waals surface area contributed by atoms with Crippen molar-refractivity contribution in [1.29, 1.82) is 5.41 Å². The Labute approximate surface area is 126 Å². The highest BCUT2D eigenvalue weighted by Gasteiger charge is 2.18. The van der Waals surface area contributed by atoms with Crippen LogP contribution in [0.25, 0.3) is 0 Å². The summed E-state index contributed by atoms with van der Waals surface area (Å²) in [6.07, 6.45) is 3.62. The molecule has 0 aliphatic carbocycles. The fourth-order valence-electron chi connectivity index (χ4n) is 2.38. The molecule has 0 saturated carbocycles. The molecular formula is C17H22N4. The van der Waals surface area contributed by atoms with Gasteiger partial charge < -0.3 is 5.73 Å². The van der Waals surface area contributed by atoms with Crippen LogP contribution in [0.3, 0.4) is 0 Å². The van der Waals surface area contributed by atoms with Crippen molar-refractivity contribution in [2.45, 2.75) is 19.4 Å². The van der Waals surface area contributed by atoms with Gasteiger partial charge in [-0.15, -0.1) is 0 Å². The minimum absolute atomic E-state index is 0.0620. The second kappa shape index (κ2) is 7.55. The molecule has 4 nitrogen and oxygen atoms in total. The van der Waals surface area contributed by atoms with Gasteiger partial charge in [-0.3, -0.25) is 15.3 Å². The number of amidine groups is 1. The van der Waals surface area contributed by atoms with Crippen LogP contribution >= 0.6 is 0 Å². The highest BCUT2D eigenvalue weighted by Crippen LogP contribution is 2.18. The summed E-state index contributed by atoms with van der Waals surface area (Å²) in [5.74, 6) is 0.155. The molecule has 1 aromatic heterocycles. The molecule has 0 aliphatic heterocycles. The minimum Gasteiger partial charge on any atom is -0.387 e. The van der Waals surface area contributed by atoms with Gasteiger partial charge in [0.1, 0.15) is 0 Å². The predicted molar refractivity (Wildman–Crippen MR) is 86.3 cm³/mol. The normalized spacial score (nSPS) is 12.3. The van der Waals surface area contributed by atoms with E-state index in [0.717, 1.165) is 25.2 Å². The van der Waals surface area contributed by atoms with Gasteiger partial charge in [-0.1, -0.05) is 37.3 Å². The number of benzene rings is 1. The monoisotopic (exact) mass is 282 g/mol. The zero-order valence-electron chi connectivity index (χ0n) is 12.4. The van der Waals surface area contributed by atoms with Crippen molar-refractivity contribution in [3.05, 3.63) is 66.0 Å². The highest BCUT2D eigenvalue weighted by atomic mass is 15.1. The number of aromatic nitrogens is 1. The Bertz CT molecular complexity index is 554. The third-order valence-corrected chi connectivity index (χ3v) is 3.62. The zero-order valence-corrected chi connectivity index (χ0v) is 12.4. The average Bonchev–Trinajstić information content (AvgIpc) is 2.52. The van der Waals surface area contributed by atoms with Gasteiger partial charge in [0, 0.05) is 25.5 Å². The molecule has 0 saturated heterocycles. The van der Waals surface area contributed by atoms with Crippen LogP contribution in [0, 0.1) is 5.41 Å². The first-order valence-corrected chi connectivity index (χ1v) is 7.20. The molecule has 0 radical (unpaired) electrons. The largest absolute Gasteiger partial charge is 0.387 e. The van der Waals surface area contributed by atoms with E-state index in [2.05, 4.69) is 16.8 Å². The fraction of sp³-hybridized carbons (Fsp3) is 0.294. The molecule has 1 atom stereocenters. The maximum Gasteiger partial charge on any atom is 0.0995 e. The third kappa shape index (κ3) is 4.39. The Morgan fingerprint density at radius 1 is 1.19 bits per heavy atom. The van der Waals surface area contributed by atoms with Gasteiger partial charge in [0.25, 0.3) is 0 Å². The van der Waals surface area contributed by atoms with E-state index in [4.69, 9.17) is 11.1 Å². The fourth-order valence-corrected chi connectivity index (χ4v) is 2.38. The molecule has 1 heterocycles. The number of hydrogen-bond donors (Lipinski definition) is 2. The first-order chi connectivity index (χ1) is 10.2. The standard InChI is InChI=1S/C17H22N4/c1-2-21(12-14-8-10-20-11-9-14)13-16(17(18)19)15-6-4-3-5-7-15/h3-11,16H,2,12-13H2,1H3,(H3,18,19). The van der Waals surface area contributed by atoms with E-state index < -0.39 is 0 Å². The van der Waals surface area contributed by atoms with E-state index in [9.17, 15) is 0 Å². The van der Waals surface area contributed by atoms with Crippen molar-refractivity contribution < 1.29 is 0 Å². The van der Waals surface area contributed by atoms with Crippen LogP contribution < -0.4 is 5.73 Å². The molecule has 21 heavy (non-hydrogen) atoms. The summed E-state index contributed by atoms with van der Waals surface area (Å²) in [5.41, 5.74) is 8.13. The van der Waals surface area contributed by atoms with Crippen molar-refractivity contribution in [1.82, 2.24) is 9.88 Å². The SMILES string of the molecule is CCN(Cc1ccncc1)CC(C(=N)N)c1ccccc1. The van der Waals surface area contributed by atoms with Crippen LogP contribution in [0.5, 0.6) is 0 Å². The van der Waals surface area contributed by atoms with Crippen molar-refractivity contribution in [3.63, 3.8) is 0 Å². The lowest BCUT2D eigenvalue weighted by Gasteiger charge is -2.26. The Kier molecular flexibility index (Phi) is 5.46. The average molecular weight is 282 g/mol. The van der Waals surface area contributed by atoms with E-state index in [1.807, 2.05) is 54.9 Å². The summed E-state index contributed by atoms with van der Waals surface area (Å²) in [7, 11) is 0. The Hall–Kier alpha value is -2.20. The molecular weight excluding hydrogens is 260 g/mol. The molecule has 0 fully saturated rings. The van der Waals surface area contributed by atoms with E-state index in [-0.39, 0.29) is 11.8 Å². The maximum atomic E-state index is 7.88. The smallest absolute Gasteiger partial charge is 0.0995 e. The summed E-state index contributed by atoms with van der Waals surface area (Å²) in [6, 6.07) is 14.1. The highest BCUT2D eigenvalue weighted by molar-refractivity contribution is 5.84. The number of hydrogen-bond acceptors (Lipinski definition) is 3. The molecule has 1 unspecified atom stereocenters. The second-order valence-corrected chi connectivity index (χ2v) is 5.10. The quantitative estimate of drug-likeness (QED) is 0.606. The predicted octanol–water partition coefficient (Wildman–Crippen LogP) is 2.62. The summed E-state index contributed by atoms with van der Waals surface area (Å²) < 4.78 is 0. The van der Waals surface area contributed by atoms with Gasteiger partial charge in [0.05, 0.1) is 11.8 Å². The van der Waals surface area contributed by atoms with Crippen LogP contribution in [0.4, 0.5) is 0 Å². The summed E-state index contributed by atoms with van der Waals surface area (Å²) in [5, 5.41) is 7.88. The number of nitrogens with two attached hydrogens (primary N) is 1. The van der Waals surface area contributed by atoms with Gasteiger partial charge >= 0.3 is 0 Å². The Morgan fingerprint density at radius 2 is 1.86 bits per heavy atom. The Balaban J connectivity index is 2.09. The summed E-state index contributed by atoms with van der Waals surface area (Å²) >= 11 is 0. The summed E-state index contributed by atoms with van der Waals surface area (Å²) in [6.45, 7) is 4.64. The van der Waals surface area contributed by atoms with E-state index >= 15 is 0 Å². The first-order valence-electron chi connectivity index (χ1n) is 7.20. The van der Waals surface area contributed by atoms with E-state index in [1.165, 1.54) is 5.56 Å². The van der Waals surface area contributed by atoms with Crippen molar-refractivity contribution in [3.8, 4) is 0 Å². The van der Waals surface area contributed by atoms with Crippen molar-refractivity contribution >= 4 is 5.84 Å². The van der Waals surface area contributed by atoms with Crippen molar-refractivity contribution in [2.75, 3.05) is 13.1 Å². The minimum atomic E-state index is -0.0620. The van der Waals surface area contributed by atoms with Gasteiger partial charge in [0.2, 0.25) is 0 Å². The van der Waals surface area contributed by atoms with Crippen LogP contribution in [0.15, 0.2) is 54.9 Å². The Morgan fingerprint density at radius 3 is 2.43 bits per heavy atom. The molecule has 0 aliphatic rings. The molecule has 2 aromatic rings. The lowest BCUT2D eigenvalue weighted by molar-refractivity contribution is 0.276. The van der Waals surface area contributed by atoms with Crippen LogP contribution in [0.2, 0.25) is 0 Å². The molecule has 3 N–H and O–H groups in total. The molecule has 4 heteroatoms. The number of nitrogens with one attached hydrogen (secondary N) is 1. The van der Waals surface area contributed by atoms with Crippen LogP contribution in [-0.2, 0) is 6.54 Å². The maximum absolute atomic E-state index is 7.88. The molecule has 0 amide bonds. The van der Waals surface area contributed by atoms with Gasteiger partial charge in [-0.25, -0.2) is 0 Å². The number of nitrogens with zero attached hydrogens (tertiary/aromatic N) is 2. The molecule has 0 bridgehead atoms. The van der Waals surface area contributed by atoms with Crippen molar-refractivity contribution in [2.24, 2.45) is 5.73 Å². The van der Waals surface area contributed by atoms with Crippen LogP contribution in [0.1, 0.15) is 24.0 Å². The lowest BCUT2D eigenvalue weighted by Crippen LogP contribution is -2.34. The molecule has 1 aromatic carbocycles. The van der Waals surface area contributed by atoms with Gasteiger partial charge in [0.15, 0.2) is 0 Å². The molecule has 110 valence electrons. The number of pyridine rings is 1. The summed E-state index contributed by atoms with van der Waals surface area (Å²) in [4.78, 5) is 6.34. The van der Waals surface area contributed by atoms with Gasteiger partial charge in [-0.2, -0.15) is 0 Å².